The van der Waals surface area contributed by atoms with E-state index >= 15 is 0 Å². The number of alkyl halides is 3. The molecule has 1 aromatic heterocycles. The van der Waals surface area contributed by atoms with E-state index < -0.39 is 6.36 Å². The highest BCUT2D eigenvalue weighted by Crippen LogP contribution is 2.29. The van der Waals surface area contributed by atoms with Crippen LogP contribution in [0, 0.1) is 6.92 Å². The first-order chi connectivity index (χ1) is 11.8. The predicted octanol–water partition coefficient (Wildman–Crippen LogP) is 4.10. The maximum absolute atomic E-state index is 12.4. The van der Waals surface area contributed by atoms with Crippen molar-refractivity contribution >= 4 is 23.0 Å². The molecule has 0 spiro atoms. The molecule has 1 heterocycles. The number of unbranched alkanes of at least 4 members (excludes halogenated alkanes) is 1. The van der Waals surface area contributed by atoms with Gasteiger partial charge in [0.2, 0.25) is 0 Å². The van der Waals surface area contributed by atoms with Crippen molar-refractivity contribution in [2.75, 3.05) is 11.9 Å². The highest BCUT2D eigenvalue weighted by atomic mass is 32.1. The van der Waals surface area contributed by atoms with Crippen LogP contribution in [0.2, 0.25) is 0 Å². The number of ether oxygens (including phenoxy) is 1. The first kappa shape index (κ1) is 19.0. The molecular formula is C16H19F3N4OS. The Hall–Kier alpha value is -2.29. The number of aromatic nitrogens is 1. The normalized spacial score (nSPS) is 12.2. The minimum Gasteiger partial charge on any atom is -0.404 e. The molecule has 0 saturated carbocycles. The number of guanidine groups is 1. The summed E-state index contributed by atoms with van der Waals surface area (Å²) in [4.78, 5) is 8.50. The number of aryl methyl sites for hydroxylation is 2. The second-order valence-electron chi connectivity index (χ2n) is 5.28. The second-order valence-corrected chi connectivity index (χ2v) is 6.22. The lowest BCUT2D eigenvalue weighted by molar-refractivity contribution is -0.274. The fourth-order valence-electron chi connectivity index (χ4n) is 2.07. The first-order valence-corrected chi connectivity index (χ1v) is 8.54. The average molecular weight is 372 g/mol. The van der Waals surface area contributed by atoms with Crippen LogP contribution in [-0.2, 0) is 6.42 Å². The summed E-state index contributed by atoms with van der Waals surface area (Å²) in [7, 11) is 0. The smallest absolute Gasteiger partial charge is 0.404 e. The molecule has 0 unspecified atom stereocenters. The number of aliphatic imine (C=N–C) groups is 1. The van der Waals surface area contributed by atoms with Gasteiger partial charge < -0.3 is 15.8 Å². The van der Waals surface area contributed by atoms with E-state index in [-0.39, 0.29) is 17.4 Å². The third-order valence-corrected chi connectivity index (χ3v) is 4.15. The Bertz CT molecular complexity index is 715. The first-order valence-electron chi connectivity index (χ1n) is 7.66. The minimum atomic E-state index is -4.77. The molecule has 25 heavy (non-hydrogen) atoms. The van der Waals surface area contributed by atoms with Crippen LogP contribution in [0.25, 0.3) is 0 Å². The van der Waals surface area contributed by atoms with Crippen LogP contribution < -0.4 is 15.8 Å². The number of nitrogens with two attached hydrogens (primary N) is 1. The fraction of sp³-hybridized carbons (Fsp3) is 0.375. The highest BCUT2D eigenvalue weighted by Gasteiger charge is 2.32. The summed E-state index contributed by atoms with van der Waals surface area (Å²) in [6, 6.07) is 5.67. The fourth-order valence-corrected chi connectivity index (χ4v) is 2.88. The lowest BCUT2D eigenvalue weighted by Gasteiger charge is -2.14. The summed E-state index contributed by atoms with van der Waals surface area (Å²) >= 11 is 1.63. The number of rotatable bonds is 7. The molecule has 0 aliphatic rings. The third kappa shape index (κ3) is 7.00. The summed E-state index contributed by atoms with van der Waals surface area (Å²) in [5.74, 6) is -0.310. The Labute approximate surface area is 147 Å². The van der Waals surface area contributed by atoms with Crippen molar-refractivity contribution in [3.8, 4) is 5.75 Å². The molecule has 9 heteroatoms. The molecule has 0 radical (unpaired) electrons. The van der Waals surface area contributed by atoms with Crippen molar-refractivity contribution in [3.05, 3.63) is 40.3 Å². The van der Waals surface area contributed by atoms with Gasteiger partial charge in [0.25, 0.3) is 0 Å². The Morgan fingerprint density at radius 1 is 1.32 bits per heavy atom. The van der Waals surface area contributed by atoms with Crippen LogP contribution in [0.5, 0.6) is 5.75 Å². The molecule has 0 amide bonds. The van der Waals surface area contributed by atoms with Crippen LogP contribution in [0.15, 0.2) is 34.6 Å². The summed E-state index contributed by atoms with van der Waals surface area (Å²) in [5, 5.41) is 5.74. The largest absolute Gasteiger partial charge is 0.573 e. The van der Waals surface area contributed by atoms with E-state index in [1.54, 1.807) is 17.4 Å². The van der Waals surface area contributed by atoms with E-state index in [1.807, 2.05) is 12.3 Å². The van der Waals surface area contributed by atoms with Crippen LogP contribution >= 0.6 is 11.3 Å². The topological polar surface area (TPSA) is 72.5 Å². The van der Waals surface area contributed by atoms with Gasteiger partial charge in [-0.05, 0) is 38.3 Å². The van der Waals surface area contributed by atoms with Crippen LogP contribution in [0.1, 0.15) is 23.5 Å². The van der Waals surface area contributed by atoms with Crippen molar-refractivity contribution in [1.82, 2.24) is 4.98 Å². The number of hydrogen-bond acceptors (Lipinski definition) is 4. The average Bonchev–Trinajstić information content (AvgIpc) is 2.93. The van der Waals surface area contributed by atoms with Crippen molar-refractivity contribution in [3.63, 3.8) is 0 Å². The summed E-state index contributed by atoms with van der Waals surface area (Å²) in [5.41, 5.74) is 6.86. The van der Waals surface area contributed by atoms with E-state index in [4.69, 9.17) is 5.73 Å². The summed E-state index contributed by atoms with van der Waals surface area (Å²) < 4.78 is 41.1. The molecule has 0 fully saturated rings. The van der Waals surface area contributed by atoms with Gasteiger partial charge in [-0.1, -0.05) is 12.1 Å². The lowest BCUT2D eigenvalue weighted by atomic mass is 10.2. The van der Waals surface area contributed by atoms with Crippen LogP contribution in [0.3, 0.4) is 0 Å². The number of para-hydroxylation sites is 2. The van der Waals surface area contributed by atoms with Gasteiger partial charge in [-0.15, -0.1) is 24.5 Å². The molecule has 2 aromatic rings. The molecular weight excluding hydrogens is 353 g/mol. The number of hydrogen-bond donors (Lipinski definition) is 2. The lowest BCUT2D eigenvalue weighted by Crippen LogP contribution is -2.24. The monoisotopic (exact) mass is 372 g/mol. The molecule has 0 saturated heterocycles. The molecule has 0 aliphatic carbocycles. The van der Waals surface area contributed by atoms with E-state index in [2.05, 4.69) is 20.0 Å². The standard InChI is InChI=1S/C16H19F3N4OS/c1-11-10-25-14(22-11)8-4-5-9-21-15(20)23-12-6-2-3-7-13(12)24-16(17,18)19/h2-3,6-7,10H,4-5,8-9H2,1H3,(H3,20,21,23). The Kier molecular flexibility index (Phi) is 6.63. The van der Waals surface area contributed by atoms with E-state index in [9.17, 15) is 13.2 Å². The van der Waals surface area contributed by atoms with E-state index in [1.165, 1.54) is 18.2 Å². The predicted molar refractivity (Wildman–Crippen MR) is 93.0 cm³/mol. The maximum atomic E-state index is 12.4. The van der Waals surface area contributed by atoms with Crippen LogP contribution in [0.4, 0.5) is 18.9 Å². The van der Waals surface area contributed by atoms with Gasteiger partial charge in [0.1, 0.15) is 0 Å². The molecule has 5 nitrogen and oxygen atoms in total. The third-order valence-electron chi connectivity index (χ3n) is 3.12. The molecule has 1 aromatic carbocycles. The number of anilines is 1. The zero-order chi connectivity index (χ0) is 18.3. The van der Waals surface area contributed by atoms with Crippen molar-refractivity contribution < 1.29 is 17.9 Å². The van der Waals surface area contributed by atoms with E-state index in [0.717, 1.165) is 30.0 Å². The minimum absolute atomic E-state index is 0.0447. The number of halogens is 3. The van der Waals surface area contributed by atoms with Crippen LogP contribution in [-0.4, -0.2) is 23.9 Å². The Morgan fingerprint density at radius 2 is 2.08 bits per heavy atom. The summed E-state index contributed by atoms with van der Waals surface area (Å²) in [6.07, 6.45) is -2.17. The van der Waals surface area contributed by atoms with Gasteiger partial charge >= 0.3 is 6.36 Å². The SMILES string of the molecule is Cc1csc(CCCCN=C(N)Nc2ccccc2OC(F)(F)F)n1. The highest BCUT2D eigenvalue weighted by molar-refractivity contribution is 7.09. The molecule has 2 rings (SSSR count). The number of nitrogens with zero attached hydrogens (tertiary/aromatic N) is 2. The quantitative estimate of drug-likeness (QED) is 0.436. The molecule has 0 bridgehead atoms. The second kappa shape index (κ2) is 8.70. The van der Waals surface area contributed by atoms with E-state index in [0.29, 0.717) is 6.54 Å². The molecule has 0 atom stereocenters. The number of benzene rings is 1. The number of thiazole rings is 1. The summed E-state index contributed by atoms with van der Waals surface area (Å²) in [6.45, 7) is 2.43. The number of nitrogens with one attached hydrogen (secondary N) is 1. The van der Waals surface area contributed by atoms with Gasteiger partial charge in [-0.25, -0.2) is 4.98 Å². The van der Waals surface area contributed by atoms with Gasteiger partial charge in [0.05, 0.1) is 10.7 Å². The van der Waals surface area contributed by atoms with Gasteiger partial charge in [0.15, 0.2) is 11.7 Å². The zero-order valence-electron chi connectivity index (χ0n) is 13.6. The Morgan fingerprint density at radius 3 is 2.76 bits per heavy atom. The van der Waals surface area contributed by atoms with Crippen molar-refractivity contribution in [1.29, 1.82) is 0 Å². The zero-order valence-corrected chi connectivity index (χ0v) is 14.5. The van der Waals surface area contributed by atoms with Gasteiger partial charge in [0, 0.05) is 17.6 Å². The van der Waals surface area contributed by atoms with Gasteiger partial charge in [-0.2, -0.15) is 0 Å². The molecule has 136 valence electrons. The molecule has 0 aliphatic heterocycles. The Balaban J connectivity index is 1.81. The van der Waals surface area contributed by atoms with Gasteiger partial charge in [-0.3, -0.25) is 4.99 Å². The maximum Gasteiger partial charge on any atom is 0.573 e. The molecule has 3 N–H and O–H groups in total. The van der Waals surface area contributed by atoms with Crippen molar-refractivity contribution in [2.45, 2.75) is 32.5 Å². The van der Waals surface area contributed by atoms with Crippen molar-refractivity contribution in [2.24, 2.45) is 10.7 Å².